The molecule has 2 aromatic heterocycles. The van der Waals surface area contributed by atoms with Crippen LogP contribution in [0.25, 0.3) is 11.0 Å². The summed E-state index contributed by atoms with van der Waals surface area (Å²) in [5.41, 5.74) is 1.20. The lowest BCUT2D eigenvalue weighted by molar-refractivity contribution is 0.509. The lowest BCUT2D eigenvalue weighted by atomic mass is 10.3. The highest BCUT2D eigenvalue weighted by atomic mass is 19.2. The Morgan fingerprint density at radius 1 is 1.11 bits per heavy atom. The first-order chi connectivity index (χ1) is 9.15. The highest BCUT2D eigenvalue weighted by Gasteiger charge is 2.08. The van der Waals surface area contributed by atoms with Crippen molar-refractivity contribution in [1.29, 1.82) is 0 Å². The second kappa shape index (κ2) is 4.31. The van der Waals surface area contributed by atoms with Crippen molar-refractivity contribution in [3.63, 3.8) is 0 Å². The summed E-state index contributed by atoms with van der Waals surface area (Å²) in [5, 5.41) is 3.77. The Bertz CT molecular complexity index is 751. The van der Waals surface area contributed by atoms with Gasteiger partial charge in [-0.05, 0) is 18.2 Å². The summed E-state index contributed by atoms with van der Waals surface area (Å²) in [5.74, 6) is -1.22. The van der Waals surface area contributed by atoms with Gasteiger partial charge < -0.3 is 9.88 Å². The Hall–Kier alpha value is -2.50. The molecule has 0 amide bonds. The molecule has 2 heterocycles. The van der Waals surface area contributed by atoms with Crippen molar-refractivity contribution in [1.82, 2.24) is 14.5 Å². The Morgan fingerprint density at radius 2 is 1.95 bits per heavy atom. The van der Waals surface area contributed by atoms with Crippen LogP contribution in [0.15, 0.2) is 36.8 Å². The number of hydrogen-bond donors (Lipinski definition) is 1. The Kier molecular flexibility index (Phi) is 2.63. The number of benzene rings is 1. The fraction of sp³-hybridized carbons (Fsp3) is 0.0769. The van der Waals surface area contributed by atoms with E-state index in [1.54, 1.807) is 0 Å². The molecule has 0 aliphatic heterocycles. The molecule has 4 nitrogen and oxygen atoms in total. The van der Waals surface area contributed by atoms with Crippen LogP contribution in [0.1, 0.15) is 0 Å². The predicted molar refractivity (Wildman–Crippen MR) is 68.1 cm³/mol. The molecule has 0 spiro atoms. The number of nitrogens with zero attached hydrogens (tertiary/aromatic N) is 3. The number of nitrogens with one attached hydrogen (secondary N) is 1. The second-order valence-corrected chi connectivity index (χ2v) is 4.14. The smallest absolute Gasteiger partial charge is 0.160 e. The number of fused-ring (bicyclic) bond motifs is 1. The maximum Gasteiger partial charge on any atom is 0.160 e. The van der Waals surface area contributed by atoms with Crippen molar-refractivity contribution >= 4 is 22.5 Å². The first-order valence-electron chi connectivity index (χ1n) is 5.63. The van der Waals surface area contributed by atoms with E-state index < -0.39 is 11.6 Å². The molecule has 0 aliphatic rings. The van der Waals surface area contributed by atoms with E-state index in [1.807, 2.05) is 23.9 Å². The first-order valence-corrected chi connectivity index (χ1v) is 5.63. The van der Waals surface area contributed by atoms with Crippen LogP contribution in [0.5, 0.6) is 0 Å². The summed E-state index contributed by atoms with van der Waals surface area (Å²) < 4.78 is 27.9. The van der Waals surface area contributed by atoms with Gasteiger partial charge in [-0.3, -0.25) is 0 Å². The zero-order valence-corrected chi connectivity index (χ0v) is 10.1. The molecule has 0 aliphatic carbocycles. The van der Waals surface area contributed by atoms with Crippen LogP contribution < -0.4 is 5.32 Å². The molecular formula is C13H10F2N4. The van der Waals surface area contributed by atoms with E-state index in [1.165, 1.54) is 12.4 Å². The van der Waals surface area contributed by atoms with E-state index in [0.29, 0.717) is 11.5 Å². The molecule has 0 fully saturated rings. The first kappa shape index (κ1) is 11.6. The third kappa shape index (κ3) is 2.01. The number of aryl methyl sites for hydroxylation is 1. The van der Waals surface area contributed by atoms with Crippen molar-refractivity contribution in [3.8, 4) is 0 Å². The molecule has 0 radical (unpaired) electrons. The molecule has 3 rings (SSSR count). The molecule has 1 N–H and O–H groups in total. The third-order valence-corrected chi connectivity index (χ3v) is 2.84. The average Bonchev–Trinajstić information content (AvgIpc) is 2.77. The van der Waals surface area contributed by atoms with E-state index in [4.69, 9.17) is 0 Å². The van der Waals surface area contributed by atoms with Crippen molar-refractivity contribution in [2.24, 2.45) is 7.05 Å². The maximum absolute atomic E-state index is 13.1. The molecule has 0 saturated carbocycles. The van der Waals surface area contributed by atoms with Gasteiger partial charge in [0.1, 0.15) is 17.8 Å². The van der Waals surface area contributed by atoms with Crippen LogP contribution in [0.2, 0.25) is 0 Å². The topological polar surface area (TPSA) is 42.7 Å². The molecule has 0 unspecified atom stereocenters. The third-order valence-electron chi connectivity index (χ3n) is 2.84. The van der Waals surface area contributed by atoms with Gasteiger partial charge >= 0.3 is 0 Å². The number of hydrogen-bond acceptors (Lipinski definition) is 3. The van der Waals surface area contributed by atoms with E-state index in [2.05, 4.69) is 15.3 Å². The summed E-state index contributed by atoms with van der Waals surface area (Å²) >= 11 is 0. The Balaban J connectivity index is 2.03. The summed E-state index contributed by atoms with van der Waals surface area (Å²) in [6, 6.07) is 5.47. The average molecular weight is 260 g/mol. The van der Waals surface area contributed by atoms with Gasteiger partial charge in [-0.2, -0.15) is 0 Å². The molecule has 19 heavy (non-hydrogen) atoms. The summed E-state index contributed by atoms with van der Waals surface area (Å²) in [7, 11) is 1.87. The van der Waals surface area contributed by atoms with Crippen molar-refractivity contribution in [3.05, 3.63) is 48.4 Å². The minimum atomic E-state index is -0.900. The molecular weight excluding hydrogens is 250 g/mol. The molecule has 0 atom stereocenters. The van der Waals surface area contributed by atoms with Crippen LogP contribution in [-0.2, 0) is 7.05 Å². The number of aromatic nitrogens is 3. The fourth-order valence-electron chi connectivity index (χ4n) is 1.89. The molecule has 96 valence electrons. The highest BCUT2D eigenvalue weighted by Crippen LogP contribution is 2.24. The van der Waals surface area contributed by atoms with Crippen molar-refractivity contribution < 1.29 is 8.78 Å². The van der Waals surface area contributed by atoms with Gasteiger partial charge in [0.2, 0.25) is 0 Å². The van der Waals surface area contributed by atoms with Gasteiger partial charge in [0.25, 0.3) is 0 Å². The predicted octanol–water partition coefficient (Wildman–Crippen LogP) is 2.99. The monoisotopic (exact) mass is 260 g/mol. The van der Waals surface area contributed by atoms with Crippen LogP contribution in [0.4, 0.5) is 20.3 Å². The number of anilines is 2. The second-order valence-electron chi connectivity index (χ2n) is 4.14. The lowest BCUT2D eigenvalue weighted by Gasteiger charge is -2.07. The molecule has 0 bridgehead atoms. The summed E-state index contributed by atoms with van der Waals surface area (Å²) in [6.45, 7) is 0. The molecule has 6 heteroatoms. The summed E-state index contributed by atoms with van der Waals surface area (Å²) in [6.07, 6.45) is 3.28. The molecule has 1 aromatic carbocycles. The van der Waals surface area contributed by atoms with Crippen LogP contribution in [0.3, 0.4) is 0 Å². The number of rotatable bonds is 2. The maximum atomic E-state index is 13.1. The van der Waals surface area contributed by atoms with Crippen LogP contribution in [-0.4, -0.2) is 14.5 Å². The zero-order valence-electron chi connectivity index (χ0n) is 10.1. The SMILES string of the molecule is Cn1ccc2c(Nc3ccc(F)c(F)c3)ncnc21. The fourth-order valence-corrected chi connectivity index (χ4v) is 1.89. The minimum absolute atomic E-state index is 0.433. The van der Waals surface area contributed by atoms with Crippen LogP contribution >= 0.6 is 0 Å². The van der Waals surface area contributed by atoms with E-state index in [-0.39, 0.29) is 0 Å². The van der Waals surface area contributed by atoms with Crippen molar-refractivity contribution in [2.45, 2.75) is 0 Å². The number of halogens is 2. The Labute approximate surface area is 107 Å². The zero-order chi connectivity index (χ0) is 13.4. The normalized spacial score (nSPS) is 10.9. The van der Waals surface area contributed by atoms with Gasteiger partial charge in [-0.15, -0.1) is 0 Å². The van der Waals surface area contributed by atoms with Crippen molar-refractivity contribution in [2.75, 3.05) is 5.32 Å². The van der Waals surface area contributed by atoms with E-state index in [0.717, 1.165) is 23.2 Å². The van der Waals surface area contributed by atoms with Gasteiger partial charge in [0, 0.05) is 25.0 Å². The van der Waals surface area contributed by atoms with Crippen LogP contribution in [0, 0.1) is 11.6 Å². The minimum Gasteiger partial charge on any atom is -0.339 e. The Morgan fingerprint density at radius 3 is 2.74 bits per heavy atom. The lowest BCUT2D eigenvalue weighted by Crippen LogP contribution is -1.97. The van der Waals surface area contributed by atoms with Gasteiger partial charge in [0.05, 0.1) is 5.39 Å². The van der Waals surface area contributed by atoms with Gasteiger partial charge in [0.15, 0.2) is 11.6 Å². The quantitative estimate of drug-likeness (QED) is 0.770. The largest absolute Gasteiger partial charge is 0.339 e. The molecule has 3 aromatic rings. The van der Waals surface area contributed by atoms with E-state index in [9.17, 15) is 8.78 Å². The molecule has 0 saturated heterocycles. The summed E-state index contributed by atoms with van der Waals surface area (Å²) in [4.78, 5) is 8.27. The van der Waals surface area contributed by atoms with Gasteiger partial charge in [-0.1, -0.05) is 0 Å². The standard InChI is InChI=1S/C13H10F2N4/c1-19-5-4-9-12(16-7-17-13(9)19)18-8-2-3-10(14)11(15)6-8/h2-7H,1H3,(H,16,17,18). The van der Waals surface area contributed by atoms with Gasteiger partial charge in [-0.25, -0.2) is 18.7 Å². The van der Waals surface area contributed by atoms with E-state index >= 15 is 0 Å². The highest BCUT2D eigenvalue weighted by molar-refractivity contribution is 5.89.